The molecular weight excluding hydrogens is 744 g/mol. The lowest BCUT2D eigenvalue weighted by Gasteiger charge is -2.20. The summed E-state index contributed by atoms with van der Waals surface area (Å²) in [6.07, 6.45) is 6.09. The van der Waals surface area contributed by atoms with Gasteiger partial charge < -0.3 is 29.2 Å². The summed E-state index contributed by atoms with van der Waals surface area (Å²) in [4.78, 5) is 0. The van der Waals surface area contributed by atoms with Crippen LogP contribution in [0.1, 0.15) is 42.0 Å². The highest BCUT2D eigenvalue weighted by Gasteiger charge is 2.23. The van der Waals surface area contributed by atoms with Gasteiger partial charge in [0.25, 0.3) is 0 Å². The first-order valence-electron chi connectivity index (χ1n) is 19.2. The molecule has 11 heteroatoms. The first kappa shape index (κ1) is 42.5. The molecule has 0 radical (unpaired) electrons. The average molecular weight is 799 g/mol. The highest BCUT2D eigenvalue weighted by atomic mass is 32.2. The van der Waals surface area contributed by atoms with Crippen LogP contribution in [-0.4, -0.2) is 63.7 Å². The molecule has 0 heterocycles. The van der Waals surface area contributed by atoms with E-state index in [4.69, 9.17) is 14.2 Å². The van der Waals surface area contributed by atoms with E-state index in [0.29, 0.717) is 36.1 Å². The monoisotopic (exact) mass is 798 g/mol. The van der Waals surface area contributed by atoms with E-state index in [2.05, 4.69) is 41.2 Å². The molecule has 0 unspecified atom stereocenters. The van der Waals surface area contributed by atoms with E-state index < -0.39 is 23.3 Å². The molecule has 0 saturated carbocycles. The Morgan fingerprint density at radius 1 is 0.679 bits per heavy atom. The van der Waals surface area contributed by atoms with Crippen molar-refractivity contribution in [2.45, 2.75) is 57.8 Å². The van der Waals surface area contributed by atoms with Crippen LogP contribution >= 0.6 is 7.14 Å². The van der Waals surface area contributed by atoms with Crippen LogP contribution in [0.5, 0.6) is 17.2 Å². The van der Waals surface area contributed by atoms with Crippen LogP contribution in [-0.2, 0) is 40.5 Å². The third kappa shape index (κ3) is 15.5. The summed E-state index contributed by atoms with van der Waals surface area (Å²) in [6.45, 7) is 2.64. The molecule has 5 rings (SSSR count). The number of anilines is 1. The van der Waals surface area contributed by atoms with Crippen LogP contribution in [0.3, 0.4) is 0 Å². The van der Waals surface area contributed by atoms with Gasteiger partial charge in [0, 0.05) is 31.0 Å². The van der Waals surface area contributed by atoms with Gasteiger partial charge in [0.2, 0.25) is 10.0 Å². The Bertz CT molecular complexity index is 2000. The topological polar surface area (TPSA) is 123 Å². The lowest BCUT2D eigenvalue weighted by Crippen LogP contribution is -2.37. The number of benzene rings is 5. The minimum absolute atomic E-state index is 0.0106. The summed E-state index contributed by atoms with van der Waals surface area (Å²) in [6, 6.07) is 43.2. The van der Waals surface area contributed by atoms with Crippen molar-refractivity contribution >= 4 is 22.9 Å². The number of ether oxygens (including phenoxy) is 3. The van der Waals surface area contributed by atoms with E-state index in [1.54, 1.807) is 18.2 Å². The van der Waals surface area contributed by atoms with Crippen LogP contribution in [0.2, 0.25) is 0 Å². The molecule has 2 atom stereocenters. The Kier molecular flexibility index (Phi) is 16.4. The zero-order valence-corrected chi connectivity index (χ0v) is 34.1. The van der Waals surface area contributed by atoms with Crippen molar-refractivity contribution in [2.24, 2.45) is 0 Å². The average Bonchev–Trinajstić information content (AvgIpc) is 3.19. The number of hydrogen-bond donors (Lipinski definition) is 3. The standard InChI is InChI=1S/C45H55N2O7PS/c1-36(46-32-41(48)34-52-43-26-27-45(44(31-43)47-56(2,50)51)53-33-40-18-10-5-11-19-40)30-39-22-24-42(25-23-39)54-35-55(49,28-12-20-37-14-6-3-7-15-37)29-13-21-38-16-8-4-9-17-38/h3-11,14-19,22-27,31,36,41,46-48H,12-13,20-21,28-30,32-35H2,1-2H3/t36-,41+/m0/s1. The quantitative estimate of drug-likeness (QED) is 0.0531. The number of rotatable bonds is 24. The maximum Gasteiger partial charge on any atom is 0.229 e. The van der Waals surface area contributed by atoms with Crippen molar-refractivity contribution in [3.05, 3.63) is 156 Å². The number of aryl methyl sites for hydroxylation is 2. The smallest absolute Gasteiger partial charge is 0.229 e. The Balaban J connectivity index is 1.06. The molecule has 5 aromatic carbocycles. The summed E-state index contributed by atoms with van der Waals surface area (Å²) < 4.78 is 58.6. The zero-order chi connectivity index (χ0) is 39.6. The Hall–Kier alpha value is -4.60. The molecular formula is C45H55N2O7PS. The lowest BCUT2D eigenvalue weighted by molar-refractivity contribution is 0.104. The SMILES string of the molecule is C[C@@H](Cc1ccc(OCP(=O)(CCCc2ccccc2)CCCc2ccccc2)cc1)NC[C@@H](O)COc1ccc(OCc2ccccc2)c(NS(C)(=O)=O)c1. The lowest BCUT2D eigenvalue weighted by atomic mass is 10.1. The molecule has 0 aromatic heterocycles. The van der Waals surface area contributed by atoms with Gasteiger partial charge in [0.1, 0.15) is 50.1 Å². The molecule has 0 aliphatic rings. The Morgan fingerprint density at radius 3 is 1.80 bits per heavy atom. The van der Waals surface area contributed by atoms with Crippen molar-refractivity contribution in [1.82, 2.24) is 5.32 Å². The normalized spacial score (nSPS) is 12.8. The number of aliphatic hydroxyl groups excluding tert-OH is 1. The molecule has 0 aliphatic heterocycles. The minimum Gasteiger partial charge on any atom is -0.491 e. The predicted octanol–water partition coefficient (Wildman–Crippen LogP) is 8.56. The van der Waals surface area contributed by atoms with Gasteiger partial charge in [0.15, 0.2) is 0 Å². The third-order valence-electron chi connectivity index (χ3n) is 9.31. The van der Waals surface area contributed by atoms with Crippen LogP contribution in [0.4, 0.5) is 5.69 Å². The zero-order valence-electron chi connectivity index (χ0n) is 32.4. The fraction of sp³-hybridized carbons (Fsp3) is 0.333. The second kappa shape index (κ2) is 21.6. The fourth-order valence-electron chi connectivity index (χ4n) is 6.34. The number of hydrogen-bond acceptors (Lipinski definition) is 8. The number of sulfonamides is 1. The van der Waals surface area contributed by atoms with Crippen LogP contribution in [0, 0.1) is 0 Å². The van der Waals surface area contributed by atoms with Gasteiger partial charge in [-0.25, -0.2) is 8.42 Å². The first-order chi connectivity index (χ1) is 27.0. The molecule has 0 fully saturated rings. The summed E-state index contributed by atoms with van der Waals surface area (Å²) in [5.41, 5.74) is 4.84. The molecule has 0 spiro atoms. The molecule has 9 nitrogen and oxygen atoms in total. The summed E-state index contributed by atoms with van der Waals surface area (Å²) in [7, 11) is -6.14. The number of nitrogens with one attached hydrogen (secondary N) is 2. The van der Waals surface area contributed by atoms with Gasteiger partial charge in [0.05, 0.1) is 11.9 Å². The molecule has 0 amide bonds. The fourth-order valence-corrected chi connectivity index (χ4v) is 9.23. The van der Waals surface area contributed by atoms with Gasteiger partial charge in [-0.15, -0.1) is 0 Å². The summed E-state index contributed by atoms with van der Waals surface area (Å²) >= 11 is 0. The molecule has 298 valence electrons. The van der Waals surface area contributed by atoms with E-state index in [-0.39, 0.29) is 31.3 Å². The maximum absolute atomic E-state index is 14.2. The third-order valence-corrected chi connectivity index (χ3v) is 12.8. The van der Waals surface area contributed by atoms with Gasteiger partial charge in [-0.3, -0.25) is 4.72 Å². The van der Waals surface area contributed by atoms with Crippen molar-refractivity contribution in [3.8, 4) is 17.2 Å². The molecule has 0 aliphatic carbocycles. The minimum atomic E-state index is -3.57. The predicted molar refractivity (Wildman–Crippen MR) is 227 cm³/mol. The summed E-state index contributed by atoms with van der Waals surface area (Å²) in [5.74, 6) is 1.47. The van der Waals surface area contributed by atoms with Crippen molar-refractivity contribution < 1.29 is 32.3 Å². The van der Waals surface area contributed by atoms with E-state index in [9.17, 15) is 18.1 Å². The van der Waals surface area contributed by atoms with E-state index in [0.717, 1.165) is 49.5 Å². The van der Waals surface area contributed by atoms with Crippen molar-refractivity contribution in [1.29, 1.82) is 0 Å². The van der Waals surface area contributed by atoms with Crippen LogP contribution in [0.15, 0.2) is 133 Å². The highest BCUT2D eigenvalue weighted by molar-refractivity contribution is 7.92. The maximum atomic E-state index is 14.2. The van der Waals surface area contributed by atoms with Gasteiger partial charge in [-0.1, -0.05) is 103 Å². The van der Waals surface area contributed by atoms with Gasteiger partial charge >= 0.3 is 0 Å². The molecule has 5 aromatic rings. The molecule has 56 heavy (non-hydrogen) atoms. The molecule has 0 bridgehead atoms. The Labute approximate surface area is 332 Å². The van der Waals surface area contributed by atoms with Crippen molar-refractivity contribution in [3.63, 3.8) is 0 Å². The van der Waals surface area contributed by atoms with E-state index >= 15 is 0 Å². The van der Waals surface area contributed by atoms with E-state index in [1.165, 1.54) is 11.1 Å². The molecule has 3 N–H and O–H groups in total. The van der Waals surface area contributed by atoms with Crippen molar-refractivity contribution in [2.75, 3.05) is 42.8 Å². The van der Waals surface area contributed by atoms with Crippen LogP contribution < -0.4 is 24.2 Å². The highest BCUT2D eigenvalue weighted by Crippen LogP contribution is 2.47. The second-order valence-electron chi connectivity index (χ2n) is 14.4. The Morgan fingerprint density at radius 2 is 1.23 bits per heavy atom. The first-order valence-corrected chi connectivity index (χ1v) is 23.4. The molecule has 0 saturated heterocycles. The van der Waals surface area contributed by atoms with Gasteiger partial charge in [-0.2, -0.15) is 0 Å². The number of aliphatic hydroxyl groups is 1. The van der Waals surface area contributed by atoms with E-state index in [1.807, 2.05) is 91.0 Å². The summed E-state index contributed by atoms with van der Waals surface area (Å²) in [5, 5.41) is 14.0. The van der Waals surface area contributed by atoms with Gasteiger partial charge in [-0.05, 0) is 85.5 Å². The van der Waals surface area contributed by atoms with Crippen LogP contribution in [0.25, 0.3) is 0 Å². The second-order valence-corrected chi connectivity index (χ2v) is 19.4. The largest absolute Gasteiger partial charge is 0.491 e.